The van der Waals surface area contributed by atoms with Crippen LogP contribution in [-0.4, -0.2) is 25.2 Å². The van der Waals surface area contributed by atoms with Crippen LogP contribution in [0.2, 0.25) is 0 Å². The van der Waals surface area contributed by atoms with Crippen LogP contribution in [0.4, 0.5) is 0 Å². The molecule has 2 aliphatic rings. The number of nitrogens with zero attached hydrogens (tertiary/aromatic N) is 1. The first-order valence-corrected chi connectivity index (χ1v) is 24.4. The molecule has 4 heteroatoms. The molecule has 1 aliphatic heterocycles. The van der Waals surface area contributed by atoms with Crippen molar-refractivity contribution < 1.29 is 9.53 Å². The Labute approximate surface area is 370 Å². The standard InChI is InChI=1S/C29H44N2O.C8H16.C7H16.C4H8O.C4H10.C3H8/c1-10-15-29(16-11-2,28(32)20(4)5)26-14-13-25(18-22(26)7)21(6)19-27(31-17-12-3)23(8)24(9)30;1-3-4-8-5-7(2)6-8;1-3-5-7-6-4-2;1-4-2-5-3-4;1-4(2)3;1-3-2/h13-14,17-20H,6,10-12,15-16,30H2,1-5,7-9H3;7-8H,3-6H2,1-2H3;3-7H2,1-2H3;4H,2-3H2,1H3;4H,1-3H3;3H2,1-2H3/b24-23+,27-19+,31-17?;;;;;. The summed E-state index contributed by atoms with van der Waals surface area (Å²) in [5.74, 6) is 4.20. The molecule has 3 rings (SSSR count). The average Bonchev–Trinajstić information content (AvgIpc) is 3.15. The molecule has 2 fully saturated rings. The maximum Gasteiger partial charge on any atom is 0.145 e. The molecular formula is C55H102N2O2. The summed E-state index contributed by atoms with van der Waals surface area (Å²) in [6.45, 7) is 44.8. The zero-order valence-corrected chi connectivity index (χ0v) is 42.8. The number of allylic oxidation sites excluding steroid dienone is 4. The van der Waals surface area contributed by atoms with Gasteiger partial charge in [-0.2, -0.15) is 0 Å². The molecular weight excluding hydrogens is 721 g/mol. The van der Waals surface area contributed by atoms with Crippen LogP contribution in [0.5, 0.6) is 0 Å². The fourth-order valence-electron chi connectivity index (χ4n) is 7.21. The van der Waals surface area contributed by atoms with E-state index in [2.05, 4.69) is 127 Å². The van der Waals surface area contributed by atoms with Crippen LogP contribution in [0.25, 0.3) is 5.57 Å². The van der Waals surface area contributed by atoms with Gasteiger partial charge in [0.15, 0.2) is 0 Å². The number of hydrogen-bond acceptors (Lipinski definition) is 4. The molecule has 0 atom stereocenters. The summed E-state index contributed by atoms with van der Waals surface area (Å²) >= 11 is 0. The predicted molar refractivity (Wildman–Crippen MR) is 269 cm³/mol. The molecule has 0 radical (unpaired) electrons. The molecule has 1 saturated heterocycles. The molecule has 0 spiro atoms. The molecule has 59 heavy (non-hydrogen) atoms. The van der Waals surface area contributed by atoms with E-state index in [9.17, 15) is 4.79 Å². The van der Waals surface area contributed by atoms with Crippen molar-refractivity contribution in [3.05, 3.63) is 64.5 Å². The highest BCUT2D eigenvalue weighted by Crippen LogP contribution is 2.40. The largest absolute Gasteiger partial charge is 0.402 e. The number of benzene rings is 1. The third-order valence-corrected chi connectivity index (χ3v) is 10.3. The Hall–Kier alpha value is -2.46. The molecule has 0 bridgehead atoms. The minimum atomic E-state index is -0.413. The van der Waals surface area contributed by atoms with E-state index in [1.807, 2.05) is 40.0 Å². The Morgan fingerprint density at radius 2 is 1.34 bits per heavy atom. The van der Waals surface area contributed by atoms with Crippen molar-refractivity contribution in [1.29, 1.82) is 0 Å². The molecule has 344 valence electrons. The number of nitrogens with two attached hydrogens (primary N) is 1. The number of carbonyl (C=O) groups is 1. The molecule has 4 nitrogen and oxygen atoms in total. The van der Waals surface area contributed by atoms with Gasteiger partial charge in [-0.1, -0.05) is 193 Å². The Morgan fingerprint density at radius 1 is 0.847 bits per heavy atom. The maximum absolute atomic E-state index is 13.4. The fourth-order valence-corrected chi connectivity index (χ4v) is 7.21. The number of carbonyl (C=O) groups excluding carboxylic acids is 1. The second-order valence-electron chi connectivity index (χ2n) is 18.6. The smallest absolute Gasteiger partial charge is 0.145 e. The van der Waals surface area contributed by atoms with Gasteiger partial charge in [-0.15, -0.1) is 0 Å². The Bertz CT molecular complexity index is 1270. The van der Waals surface area contributed by atoms with E-state index in [0.29, 0.717) is 5.78 Å². The van der Waals surface area contributed by atoms with Gasteiger partial charge in [-0.05, 0) is 105 Å². The van der Waals surface area contributed by atoms with Gasteiger partial charge in [0.2, 0.25) is 0 Å². The topological polar surface area (TPSA) is 64.7 Å². The van der Waals surface area contributed by atoms with E-state index in [1.54, 1.807) is 0 Å². The number of ketones is 1. The summed E-state index contributed by atoms with van der Waals surface area (Å²) in [7, 11) is 0. The van der Waals surface area contributed by atoms with E-state index in [1.165, 1.54) is 69.8 Å². The van der Waals surface area contributed by atoms with E-state index in [-0.39, 0.29) is 5.92 Å². The van der Waals surface area contributed by atoms with Crippen LogP contribution in [0.3, 0.4) is 0 Å². The number of Topliss-reactive ketones (excluding diaryl/α,β-unsaturated/α-hetero) is 1. The summed E-state index contributed by atoms with van der Waals surface area (Å²) < 4.78 is 4.83. The lowest BCUT2D eigenvalue weighted by Gasteiger charge is -2.36. The van der Waals surface area contributed by atoms with Crippen molar-refractivity contribution in [3.63, 3.8) is 0 Å². The van der Waals surface area contributed by atoms with Gasteiger partial charge in [0.25, 0.3) is 0 Å². The second kappa shape index (κ2) is 37.3. The van der Waals surface area contributed by atoms with Crippen LogP contribution in [0.1, 0.15) is 231 Å². The van der Waals surface area contributed by atoms with Crippen LogP contribution >= 0.6 is 0 Å². The number of rotatable bonds is 18. The number of unbranched alkanes of at least 4 members (excludes halogenated alkanes) is 4. The number of aliphatic imine (C=N–C) groups is 1. The Morgan fingerprint density at radius 3 is 1.66 bits per heavy atom. The predicted octanol–water partition coefficient (Wildman–Crippen LogP) is 17.2. The molecule has 1 heterocycles. The highest BCUT2D eigenvalue weighted by atomic mass is 16.5. The van der Waals surface area contributed by atoms with Crippen molar-refractivity contribution in [1.82, 2.24) is 0 Å². The van der Waals surface area contributed by atoms with Gasteiger partial charge in [0, 0.05) is 23.7 Å². The third kappa shape index (κ3) is 27.9. The fraction of sp³-hybridized carbons (Fsp3) is 0.745. The SMILES string of the molecule is C=C(/C=C(N=CCC)\C(C)=C(/C)N)c1ccc(C(CCC)(CCC)C(=O)C(C)C)c(C)c1.CC(C)C.CC1COC1.CCC.CCCC1CC(C)C1.CCCCCCC. The van der Waals surface area contributed by atoms with E-state index in [0.717, 1.165) is 103 Å². The number of hydrogen-bond donors (Lipinski definition) is 1. The van der Waals surface area contributed by atoms with Crippen molar-refractivity contribution in [3.8, 4) is 0 Å². The lowest BCUT2D eigenvalue weighted by atomic mass is 9.66. The lowest BCUT2D eigenvalue weighted by molar-refractivity contribution is -0.128. The van der Waals surface area contributed by atoms with E-state index in [4.69, 9.17) is 10.5 Å². The summed E-state index contributed by atoms with van der Waals surface area (Å²) in [6, 6.07) is 6.42. The highest BCUT2D eigenvalue weighted by Gasteiger charge is 2.40. The van der Waals surface area contributed by atoms with Gasteiger partial charge >= 0.3 is 0 Å². The van der Waals surface area contributed by atoms with Gasteiger partial charge in [-0.3, -0.25) is 9.79 Å². The van der Waals surface area contributed by atoms with Crippen LogP contribution in [0.15, 0.2) is 52.8 Å². The van der Waals surface area contributed by atoms with Crippen LogP contribution < -0.4 is 5.73 Å². The van der Waals surface area contributed by atoms with Crippen LogP contribution in [0, 0.1) is 36.5 Å². The maximum atomic E-state index is 13.4. The summed E-state index contributed by atoms with van der Waals surface area (Å²) in [4.78, 5) is 18.0. The third-order valence-electron chi connectivity index (χ3n) is 10.3. The molecule has 1 aliphatic carbocycles. The molecule has 1 aromatic rings. The molecule has 2 N–H and O–H groups in total. The summed E-state index contributed by atoms with van der Waals surface area (Å²) in [6.07, 6.45) is 22.6. The quantitative estimate of drug-likeness (QED) is 0.0911. The van der Waals surface area contributed by atoms with Crippen molar-refractivity contribution in [2.24, 2.45) is 40.3 Å². The summed E-state index contributed by atoms with van der Waals surface area (Å²) in [5, 5.41) is 0. The minimum absolute atomic E-state index is 0.0123. The average molecular weight is 823 g/mol. The molecule has 1 saturated carbocycles. The van der Waals surface area contributed by atoms with E-state index >= 15 is 0 Å². The second-order valence-corrected chi connectivity index (χ2v) is 18.6. The summed E-state index contributed by atoms with van der Waals surface area (Å²) in [5.41, 5.74) is 12.4. The Kier molecular flexibility index (Phi) is 38.5. The van der Waals surface area contributed by atoms with Crippen molar-refractivity contribution in [2.45, 2.75) is 226 Å². The number of aryl methyl sites for hydroxylation is 1. The molecule has 0 aromatic heterocycles. The monoisotopic (exact) mass is 823 g/mol. The lowest BCUT2D eigenvalue weighted by Crippen LogP contribution is -2.39. The van der Waals surface area contributed by atoms with Crippen LogP contribution in [-0.2, 0) is 14.9 Å². The van der Waals surface area contributed by atoms with Gasteiger partial charge in [0.1, 0.15) is 5.78 Å². The highest BCUT2D eigenvalue weighted by molar-refractivity contribution is 5.92. The first-order chi connectivity index (χ1) is 27.8. The first-order valence-electron chi connectivity index (χ1n) is 24.4. The van der Waals surface area contributed by atoms with E-state index < -0.39 is 5.41 Å². The minimum Gasteiger partial charge on any atom is -0.402 e. The zero-order chi connectivity index (χ0) is 46.0. The Balaban J connectivity index is -0.000000919. The molecule has 1 aromatic carbocycles. The molecule has 0 amide bonds. The van der Waals surface area contributed by atoms with Crippen molar-refractivity contribution in [2.75, 3.05) is 13.2 Å². The molecule has 0 unspecified atom stereocenters. The van der Waals surface area contributed by atoms with Gasteiger partial charge in [0.05, 0.1) is 24.3 Å². The zero-order valence-electron chi connectivity index (χ0n) is 42.8. The first kappa shape index (κ1) is 60.8. The normalized spacial score (nSPS) is 16.6. The van der Waals surface area contributed by atoms with Gasteiger partial charge in [-0.25, -0.2) is 0 Å². The number of ether oxygens (including phenoxy) is 1. The van der Waals surface area contributed by atoms with Crippen molar-refractivity contribution >= 4 is 17.6 Å². The van der Waals surface area contributed by atoms with Gasteiger partial charge < -0.3 is 10.5 Å².